The highest BCUT2D eigenvalue weighted by molar-refractivity contribution is 5.83. The van der Waals surface area contributed by atoms with Gasteiger partial charge in [-0.05, 0) is 92.1 Å². The Morgan fingerprint density at radius 2 is 2.03 bits per heavy atom. The number of methoxy groups -OCH3 is 1. The number of carbonyl (C=O) groups is 1. The molecule has 1 saturated carbocycles. The molecule has 0 amide bonds. The summed E-state index contributed by atoms with van der Waals surface area (Å²) < 4.78 is 11.6. The number of para-hydroxylation sites is 1. The Morgan fingerprint density at radius 3 is 2.89 bits per heavy atom. The lowest BCUT2D eigenvalue weighted by Crippen LogP contribution is -2.30. The minimum absolute atomic E-state index is 0.116. The molecule has 7 nitrogen and oxygen atoms in total. The van der Waals surface area contributed by atoms with Crippen molar-refractivity contribution in [2.24, 2.45) is 11.3 Å². The normalized spacial score (nSPS) is 22.1. The van der Waals surface area contributed by atoms with Crippen LogP contribution in [0, 0.1) is 25.2 Å². The fourth-order valence-electron chi connectivity index (χ4n) is 6.20. The summed E-state index contributed by atoms with van der Waals surface area (Å²) in [6.07, 6.45) is 4.82. The van der Waals surface area contributed by atoms with E-state index >= 15 is 0 Å². The highest BCUT2D eigenvalue weighted by Gasteiger charge is 2.66. The van der Waals surface area contributed by atoms with Gasteiger partial charge in [-0.15, -0.1) is 0 Å². The molecule has 2 aromatic carbocycles. The molecule has 7 heteroatoms. The van der Waals surface area contributed by atoms with E-state index in [-0.39, 0.29) is 11.4 Å². The van der Waals surface area contributed by atoms with Crippen LogP contribution in [0.15, 0.2) is 42.6 Å². The molecular weight excluding hydrogens is 464 g/mol. The van der Waals surface area contributed by atoms with Gasteiger partial charge in [0.15, 0.2) is 0 Å². The monoisotopic (exact) mass is 498 g/mol. The lowest BCUT2D eigenvalue weighted by Gasteiger charge is -2.21. The lowest BCUT2D eigenvalue weighted by atomic mass is 9.95. The molecule has 0 bridgehead atoms. The Morgan fingerprint density at radius 1 is 1.16 bits per heavy atom. The first-order chi connectivity index (χ1) is 18.0. The molecule has 2 aliphatic heterocycles. The van der Waals surface area contributed by atoms with Gasteiger partial charge in [0.1, 0.15) is 12.4 Å². The Hall–Kier alpha value is -3.45. The Balaban J connectivity index is 1.24. The van der Waals surface area contributed by atoms with E-state index in [9.17, 15) is 4.79 Å². The third-order valence-electron chi connectivity index (χ3n) is 8.28. The van der Waals surface area contributed by atoms with Gasteiger partial charge in [-0.1, -0.05) is 24.3 Å². The molecule has 0 spiro atoms. The number of nitrogens with one attached hydrogen (secondary N) is 1. The summed E-state index contributed by atoms with van der Waals surface area (Å²) in [6.45, 7) is 8.24. The van der Waals surface area contributed by atoms with Gasteiger partial charge in [0, 0.05) is 24.8 Å². The number of rotatable bonds is 6. The number of aromatic nitrogens is 2. The maximum absolute atomic E-state index is 12.3. The zero-order chi connectivity index (χ0) is 25.6. The predicted molar refractivity (Wildman–Crippen MR) is 143 cm³/mol. The third kappa shape index (κ3) is 4.35. The maximum atomic E-state index is 12.3. The van der Waals surface area contributed by atoms with Crippen LogP contribution in [0.25, 0.3) is 11.3 Å². The highest BCUT2D eigenvalue weighted by atomic mass is 16.5. The summed E-state index contributed by atoms with van der Waals surface area (Å²) in [7, 11) is 1.47. The van der Waals surface area contributed by atoms with E-state index in [4.69, 9.17) is 14.5 Å². The Labute approximate surface area is 218 Å². The second kappa shape index (κ2) is 9.45. The van der Waals surface area contributed by atoms with E-state index in [1.165, 1.54) is 29.4 Å². The van der Waals surface area contributed by atoms with Crippen molar-refractivity contribution in [3.8, 4) is 17.0 Å². The number of benzene rings is 2. The van der Waals surface area contributed by atoms with Gasteiger partial charge in [0.05, 0.1) is 18.2 Å². The third-order valence-corrected chi connectivity index (χ3v) is 8.28. The first-order valence-electron chi connectivity index (χ1n) is 13.2. The molecule has 192 valence electrons. The van der Waals surface area contributed by atoms with Crippen LogP contribution in [0.5, 0.6) is 5.75 Å². The zero-order valence-corrected chi connectivity index (χ0v) is 21.8. The van der Waals surface area contributed by atoms with Gasteiger partial charge in [0.2, 0.25) is 5.95 Å². The minimum atomic E-state index is -0.381. The molecule has 0 unspecified atom stereocenters. The van der Waals surface area contributed by atoms with E-state index < -0.39 is 0 Å². The van der Waals surface area contributed by atoms with Crippen LogP contribution in [-0.2, 0) is 29.0 Å². The number of anilines is 1. The molecule has 2 atom stereocenters. The Kier molecular flexibility index (Phi) is 6.11. The molecule has 3 aromatic rings. The zero-order valence-electron chi connectivity index (χ0n) is 21.8. The van der Waals surface area contributed by atoms with Crippen LogP contribution in [0.2, 0.25) is 0 Å². The number of piperidine rings is 1. The smallest absolute Gasteiger partial charge is 0.313 e. The number of fused-ring (bicyclic) bond motifs is 2. The van der Waals surface area contributed by atoms with Crippen molar-refractivity contribution in [3.63, 3.8) is 0 Å². The highest BCUT2D eigenvalue weighted by Crippen LogP contribution is 2.58. The van der Waals surface area contributed by atoms with E-state index in [1.807, 2.05) is 12.1 Å². The molecule has 2 fully saturated rings. The number of aryl methyl sites for hydroxylation is 2. The molecule has 0 radical (unpaired) electrons. The second-order valence-electron chi connectivity index (χ2n) is 10.7. The van der Waals surface area contributed by atoms with Crippen LogP contribution in [0.1, 0.15) is 34.2 Å². The quantitative estimate of drug-likeness (QED) is 0.514. The van der Waals surface area contributed by atoms with E-state index in [0.717, 1.165) is 61.5 Å². The molecule has 1 saturated heterocycles. The average molecular weight is 499 g/mol. The summed E-state index contributed by atoms with van der Waals surface area (Å²) in [4.78, 5) is 23.9. The predicted octanol–water partition coefficient (Wildman–Crippen LogP) is 4.03. The Bertz CT molecular complexity index is 1360. The number of hydrogen-bond acceptors (Lipinski definition) is 7. The lowest BCUT2D eigenvalue weighted by molar-refractivity contribution is -0.146. The molecule has 1 N–H and O–H groups in total. The molecule has 3 aliphatic rings. The molecular formula is C30H34N4O3. The number of nitrogens with zero attached hydrogens (tertiary/aromatic N) is 3. The summed E-state index contributed by atoms with van der Waals surface area (Å²) in [6, 6.07) is 12.7. The summed E-state index contributed by atoms with van der Waals surface area (Å²) in [5.74, 6) is 1.70. The van der Waals surface area contributed by atoms with Crippen LogP contribution in [0.4, 0.5) is 5.95 Å². The van der Waals surface area contributed by atoms with Gasteiger partial charge < -0.3 is 19.7 Å². The van der Waals surface area contributed by atoms with Crippen molar-refractivity contribution in [3.05, 3.63) is 70.4 Å². The van der Waals surface area contributed by atoms with Gasteiger partial charge in [-0.25, -0.2) is 9.97 Å². The summed E-state index contributed by atoms with van der Waals surface area (Å²) >= 11 is 0. The molecule has 6 rings (SSSR count). The van der Waals surface area contributed by atoms with Crippen molar-refractivity contribution in [1.82, 2.24) is 15.3 Å². The standard InChI is InChI=1S/C30H34N4O3/c1-19-5-4-6-25(27(19)37-17-21-13-20(2)24-8-11-31-10-7-22(24)14-21)26-9-12-32-29(33-26)34-16-23-15-30(23,18-34)28(35)36-3/h4-6,9,12-14,23,31H,7-8,10-11,15-18H2,1-3H3/t23-,30-/m0/s1. The topological polar surface area (TPSA) is 76.6 Å². The molecule has 3 heterocycles. The molecule has 1 aromatic heterocycles. The number of esters is 1. The van der Waals surface area contributed by atoms with E-state index in [0.29, 0.717) is 25.0 Å². The van der Waals surface area contributed by atoms with E-state index in [1.54, 1.807) is 6.20 Å². The summed E-state index contributed by atoms with van der Waals surface area (Å²) in [5, 5.41) is 3.50. The van der Waals surface area contributed by atoms with Gasteiger partial charge in [-0.2, -0.15) is 0 Å². The van der Waals surface area contributed by atoms with Crippen molar-refractivity contribution in [2.45, 2.75) is 39.7 Å². The van der Waals surface area contributed by atoms with Crippen molar-refractivity contribution in [2.75, 3.05) is 38.2 Å². The first-order valence-corrected chi connectivity index (χ1v) is 13.2. The van der Waals surface area contributed by atoms with Crippen molar-refractivity contribution >= 4 is 11.9 Å². The fraction of sp³-hybridized carbons (Fsp3) is 0.433. The molecule has 37 heavy (non-hydrogen) atoms. The van der Waals surface area contributed by atoms with Crippen molar-refractivity contribution in [1.29, 1.82) is 0 Å². The average Bonchev–Trinajstić information content (AvgIpc) is 3.57. The van der Waals surface area contributed by atoms with Crippen LogP contribution >= 0.6 is 0 Å². The van der Waals surface area contributed by atoms with Crippen LogP contribution < -0.4 is 15.0 Å². The fourth-order valence-corrected chi connectivity index (χ4v) is 6.20. The van der Waals surface area contributed by atoms with Gasteiger partial charge in [0.25, 0.3) is 0 Å². The largest absolute Gasteiger partial charge is 0.488 e. The van der Waals surface area contributed by atoms with Crippen LogP contribution in [-0.4, -0.2) is 49.2 Å². The second-order valence-corrected chi connectivity index (χ2v) is 10.7. The number of hydrogen-bond donors (Lipinski definition) is 1. The van der Waals surface area contributed by atoms with Gasteiger partial charge >= 0.3 is 5.97 Å². The van der Waals surface area contributed by atoms with E-state index in [2.05, 4.69) is 53.3 Å². The van der Waals surface area contributed by atoms with Crippen molar-refractivity contribution < 1.29 is 14.3 Å². The SMILES string of the molecule is COC(=O)[C@]12C[C@H]1CN(c1nccc(-c3cccc(C)c3OCc3cc(C)c4c(c3)CCNCC4)n1)C2. The first kappa shape index (κ1) is 23.9. The minimum Gasteiger partial charge on any atom is -0.488 e. The molecule has 1 aliphatic carbocycles. The number of carbonyl (C=O) groups excluding carboxylic acids is 1. The number of ether oxygens (including phenoxy) is 2. The van der Waals surface area contributed by atoms with Gasteiger partial charge in [-0.3, -0.25) is 4.79 Å². The van der Waals surface area contributed by atoms with Crippen LogP contribution in [0.3, 0.4) is 0 Å². The maximum Gasteiger partial charge on any atom is 0.313 e. The summed E-state index contributed by atoms with van der Waals surface area (Å²) in [5.41, 5.74) is 7.91.